The number of nitrogens with one attached hydrogen (secondary N) is 3. The van der Waals surface area contributed by atoms with Gasteiger partial charge in [-0.05, 0) is 88.7 Å². The smallest absolute Gasteiger partial charge is 0.296 e. The lowest BCUT2D eigenvalue weighted by atomic mass is 9.73. The number of amides is 1. The average molecular weight is 402 g/mol. The van der Waals surface area contributed by atoms with Gasteiger partial charge in [0.2, 0.25) is 0 Å². The predicted molar refractivity (Wildman–Crippen MR) is 114 cm³/mol. The summed E-state index contributed by atoms with van der Waals surface area (Å²) >= 11 is 0. The van der Waals surface area contributed by atoms with Crippen LogP contribution in [-0.2, 0) is 22.2 Å². The van der Waals surface area contributed by atoms with Gasteiger partial charge in [0.15, 0.2) is 0 Å². The monoisotopic (exact) mass is 401 g/mol. The van der Waals surface area contributed by atoms with Crippen LogP contribution in [0.15, 0.2) is 18.2 Å². The molecule has 3 N–H and O–H groups in total. The van der Waals surface area contributed by atoms with E-state index in [1.165, 1.54) is 11.1 Å². The first-order chi connectivity index (χ1) is 13.2. The van der Waals surface area contributed by atoms with E-state index in [9.17, 15) is 9.00 Å². The van der Waals surface area contributed by atoms with Gasteiger partial charge in [-0.2, -0.15) is 0 Å². The molecule has 28 heavy (non-hydrogen) atoms. The maximum absolute atomic E-state index is 12.9. The van der Waals surface area contributed by atoms with Crippen molar-refractivity contribution in [2.45, 2.75) is 57.7 Å². The second-order valence-corrected chi connectivity index (χ2v) is 10.7. The summed E-state index contributed by atoms with van der Waals surface area (Å²) in [5, 5.41) is 6.15. The van der Waals surface area contributed by atoms with Gasteiger partial charge in [0, 0.05) is 18.0 Å². The van der Waals surface area contributed by atoms with E-state index in [4.69, 9.17) is 0 Å². The van der Waals surface area contributed by atoms with Crippen LogP contribution in [-0.4, -0.2) is 34.5 Å². The van der Waals surface area contributed by atoms with Gasteiger partial charge in [-0.3, -0.25) is 4.79 Å². The maximum atomic E-state index is 12.9. The van der Waals surface area contributed by atoms with Crippen LogP contribution in [0.3, 0.4) is 0 Å². The van der Waals surface area contributed by atoms with Gasteiger partial charge < -0.3 is 10.6 Å². The second-order valence-electron chi connectivity index (χ2n) is 8.74. The van der Waals surface area contributed by atoms with Gasteiger partial charge in [-0.25, -0.2) is 8.93 Å². The zero-order valence-corrected chi connectivity index (χ0v) is 18.1. The predicted octanol–water partition coefficient (Wildman–Crippen LogP) is 2.19. The quantitative estimate of drug-likeness (QED) is 0.680. The number of hydrogen-bond acceptors (Lipinski definition) is 3. The SMILES string of the molecule is CCNC(=O)C#Cc1ccc2c(c1)[C@@H](N[S@](=O)C(C)(C)C)C1(CCNCC1)C2. The van der Waals surface area contributed by atoms with Crippen LogP contribution in [0.5, 0.6) is 0 Å². The number of hydrogen-bond donors (Lipinski definition) is 3. The van der Waals surface area contributed by atoms with Crippen molar-refractivity contribution in [3.8, 4) is 11.8 Å². The van der Waals surface area contributed by atoms with E-state index in [-0.39, 0.29) is 22.1 Å². The summed E-state index contributed by atoms with van der Waals surface area (Å²) in [4.78, 5) is 11.7. The first-order valence-electron chi connectivity index (χ1n) is 10.1. The Bertz CT molecular complexity index is 826. The van der Waals surface area contributed by atoms with Crippen molar-refractivity contribution in [2.24, 2.45) is 5.41 Å². The molecule has 1 aromatic carbocycles. The molecule has 2 aliphatic rings. The zero-order valence-electron chi connectivity index (χ0n) is 17.3. The van der Waals surface area contributed by atoms with Crippen molar-refractivity contribution in [3.63, 3.8) is 0 Å². The minimum Gasteiger partial charge on any atom is -0.346 e. The molecule has 152 valence electrons. The molecule has 1 saturated heterocycles. The van der Waals surface area contributed by atoms with E-state index >= 15 is 0 Å². The first-order valence-corrected chi connectivity index (χ1v) is 11.2. The van der Waals surface area contributed by atoms with Gasteiger partial charge in [0.1, 0.15) is 0 Å². The van der Waals surface area contributed by atoms with E-state index in [0.717, 1.165) is 37.9 Å². The van der Waals surface area contributed by atoms with Crippen LogP contribution in [0.25, 0.3) is 0 Å². The Kier molecular flexibility index (Phi) is 6.28. The standard InChI is InChI=1S/C22H31N3O2S/c1-5-24-19(26)9-7-16-6-8-17-15-22(10-12-23-13-11-22)20(18(17)14-16)25-28(27)21(2,3)4/h6,8,14,20,23,25H,5,10-13,15H2,1-4H3,(H,24,26)/t20-,28-/m1/s1. The Morgan fingerprint density at radius 3 is 2.68 bits per heavy atom. The Hall–Kier alpha value is -1.68. The molecule has 1 aromatic rings. The Morgan fingerprint density at radius 2 is 2.04 bits per heavy atom. The first kappa shape index (κ1) is 21.0. The molecular formula is C22H31N3O2S. The highest BCUT2D eigenvalue weighted by Gasteiger charge is 2.47. The van der Waals surface area contributed by atoms with Crippen LogP contribution in [0.1, 0.15) is 63.3 Å². The summed E-state index contributed by atoms with van der Waals surface area (Å²) in [5.41, 5.74) is 3.39. The van der Waals surface area contributed by atoms with Crippen LogP contribution in [0.2, 0.25) is 0 Å². The fraction of sp³-hybridized carbons (Fsp3) is 0.591. The third-order valence-electron chi connectivity index (χ3n) is 5.65. The molecule has 1 aliphatic heterocycles. The Balaban J connectivity index is 1.94. The number of fused-ring (bicyclic) bond motifs is 1. The number of piperidine rings is 1. The van der Waals surface area contributed by atoms with Crippen molar-refractivity contribution >= 4 is 16.9 Å². The molecule has 0 aromatic heterocycles. The van der Waals surface area contributed by atoms with Gasteiger partial charge in [0.25, 0.3) is 5.91 Å². The molecule has 1 amide bonds. The summed E-state index contributed by atoms with van der Waals surface area (Å²) < 4.78 is 16.1. The van der Waals surface area contributed by atoms with Gasteiger partial charge in [-0.1, -0.05) is 12.0 Å². The van der Waals surface area contributed by atoms with Crippen LogP contribution < -0.4 is 15.4 Å². The average Bonchev–Trinajstić information content (AvgIpc) is 2.92. The van der Waals surface area contributed by atoms with E-state index in [2.05, 4.69) is 39.3 Å². The molecule has 0 bridgehead atoms. The third kappa shape index (κ3) is 4.48. The van der Waals surface area contributed by atoms with Gasteiger partial charge >= 0.3 is 0 Å². The number of carbonyl (C=O) groups excluding carboxylic acids is 1. The van der Waals surface area contributed by atoms with Gasteiger partial charge in [-0.15, -0.1) is 0 Å². The van der Waals surface area contributed by atoms with Crippen molar-refractivity contribution in [1.29, 1.82) is 0 Å². The Labute approximate surface area is 171 Å². The zero-order chi connectivity index (χ0) is 20.4. The lowest BCUT2D eigenvalue weighted by Gasteiger charge is -2.40. The highest BCUT2D eigenvalue weighted by Crippen LogP contribution is 2.51. The van der Waals surface area contributed by atoms with Crippen molar-refractivity contribution in [1.82, 2.24) is 15.4 Å². The molecule has 1 fully saturated rings. The summed E-state index contributed by atoms with van der Waals surface area (Å²) in [7, 11) is -1.15. The fourth-order valence-electron chi connectivity index (χ4n) is 4.11. The maximum Gasteiger partial charge on any atom is 0.296 e. The number of rotatable bonds is 3. The molecule has 1 heterocycles. The largest absolute Gasteiger partial charge is 0.346 e. The summed E-state index contributed by atoms with van der Waals surface area (Å²) in [6.45, 7) is 10.4. The summed E-state index contributed by atoms with van der Waals surface area (Å²) in [5.74, 6) is 5.37. The number of benzene rings is 1. The van der Waals surface area contributed by atoms with Gasteiger partial charge in [0.05, 0.1) is 21.8 Å². The van der Waals surface area contributed by atoms with Crippen LogP contribution in [0, 0.1) is 17.3 Å². The lowest BCUT2D eigenvalue weighted by molar-refractivity contribution is -0.115. The lowest BCUT2D eigenvalue weighted by Crippen LogP contribution is -2.46. The van der Waals surface area contributed by atoms with E-state index in [1.807, 2.05) is 33.8 Å². The molecule has 0 saturated carbocycles. The minimum absolute atomic E-state index is 0.0378. The molecule has 0 unspecified atom stereocenters. The van der Waals surface area contributed by atoms with Crippen molar-refractivity contribution in [2.75, 3.05) is 19.6 Å². The molecule has 0 radical (unpaired) electrons. The summed E-state index contributed by atoms with van der Waals surface area (Å²) in [6.07, 6.45) is 3.11. The van der Waals surface area contributed by atoms with Crippen LogP contribution in [0.4, 0.5) is 0 Å². The molecule has 3 rings (SSSR count). The highest BCUT2D eigenvalue weighted by atomic mass is 32.2. The van der Waals surface area contributed by atoms with Crippen molar-refractivity contribution < 1.29 is 9.00 Å². The van der Waals surface area contributed by atoms with E-state index in [1.54, 1.807) is 0 Å². The topological polar surface area (TPSA) is 70.2 Å². The number of carbonyl (C=O) groups is 1. The molecule has 2 atom stereocenters. The molecule has 1 spiro atoms. The molecule has 1 aliphatic carbocycles. The molecule has 6 heteroatoms. The van der Waals surface area contributed by atoms with Crippen LogP contribution >= 0.6 is 0 Å². The summed E-state index contributed by atoms with van der Waals surface area (Å²) in [6, 6.07) is 6.23. The normalized spacial score (nSPS) is 21.5. The highest BCUT2D eigenvalue weighted by molar-refractivity contribution is 7.84. The molecule has 5 nitrogen and oxygen atoms in total. The fourth-order valence-corrected chi connectivity index (χ4v) is 5.05. The Morgan fingerprint density at radius 1 is 1.32 bits per heavy atom. The van der Waals surface area contributed by atoms with Crippen molar-refractivity contribution in [3.05, 3.63) is 34.9 Å². The minimum atomic E-state index is -1.15. The van der Waals surface area contributed by atoms with E-state index in [0.29, 0.717) is 6.54 Å². The third-order valence-corrected chi connectivity index (χ3v) is 7.21. The molecular weight excluding hydrogens is 370 g/mol. The van der Waals surface area contributed by atoms with E-state index < -0.39 is 11.0 Å². The second kappa shape index (κ2) is 8.36.